The van der Waals surface area contributed by atoms with Gasteiger partial charge in [0.1, 0.15) is 17.1 Å². The van der Waals surface area contributed by atoms with Gasteiger partial charge in [-0.25, -0.2) is 4.98 Å². The van der Waals surface area contributed by atoms with Crippen molar-refractivity contribution < 1.29 is 4.74 Å². The van der Waals surface area contributed by atoms with Gasteiger partial charge in [0.2, 0.25) is 0 Å². The summed E-state index contributed by atoms with van der Waals surface area (Å²) in [7, 11) is 1.92. The molecule has 0 radical (unpaired) electrons. The van der Waals surface area contributed by atoms with Crippen LogP contribution < -0.4 is 10.3 Å². The van der Waals surface area contributed by atoms with Crippen LogP contribution in [0.3, 0.4) is 0 Å². The lowest BCUT2D eigenvalue weighted by atomic mass is 10.1. The molecule has 0 unspecified atom stereocenters. The molecule has 5 nitrogen and oxygen atoms in total. The van der Waals surface area contributed by atoms with Crippen LogP contribution in [0.4, 0.5) is 0 Å². The van der Waals surface area contributed by atoms with E-state index in [1.807, 2.05) is 42.8 Å². The minimum Gasteiger partial charge on any atom is -0.493 e. The highest BCUT2D eigenvalue weighted by molar-refractivity contribution is 5.83. The van der Waals surface area contributed by atoms with Gasteiger partial charge in [0.05, 0.1) is 17.7 Å². The zero-order valence-electron chi connectivity index (χ0n) is 15.3. The van der Waals surface area contributed by atoms with Gasteiger partial charge in [-0.2, -0.15) is 0 Å². The summed E-state index contributed by atoms with van der Waals surface area (Å²) in [5, 5.41) is 0. The zero-order valence-corrected chi connectivity index (χ0v) is 15.3. The van der Waals surface area contributed by atoms with E-state index in [0.717, 1.165) is 47.3 Å². The van der Waals surface area contributed by atoms with Crippen molar-refractivity contribution in [1.29, 1.82) is 0 Å². The number of hydrogen-bond donors (Lipinski definition) is 1. The SMILES string of the molecule is CCCOc1ccccc1-c1nc2c(CCC)c(C)n(C)c2c(=O)[nH]1. The lowest BCUT2D eigenvalue weighted by molar-refractivity contribution is 0.318. The number of nitrogens with one attached hydrogen (secondary N) is 1. The Morgan fingerprint density at radius 1 is 1.20 bits per heavy atom. The number of nitrogens with zero attached hydrogens (tertiary/aromatic N) is 2. The summed E-state index contributed by atoms with van der Waals surface area (Å²) in [6.45, 7) is 6.89. The van der Waals surface area contributed by atoms with Gasteiger partial charge in [-0.1, -0.05) is 32.4 Å². The number of ether oxygens (including phenoxy) is 1. The highest BCUT2D eigenvalue weighted by atomic mass is 16.5. The van der Waals surface area contributed by atoms with Gasteiger partial charge in [-0.15, -0.1) is 0 Å². The Bertz CT molecular complexity index is 953. The summed E-state index contributed by atoms with van der Waals surface area (Å²) in [5.41, 5.74) is 4.39. The minimum absolute atomic E-state index is 0.113. The molecule has 0 aliphatic rings. The summed E-state index contributed by atoms with van der Waals surface area (Å²) >= 11 is 0. The van der Waals surface area contributed by atoms with E-state index < -0.39 is 0 Å². The minimum atomic E-state index is -0.113. The van der Waals surface area contributed by atoms with Crippen molar-refractivity contribution in [3.63, 3.8) is 0 Å². The van der Waals surface area contributed by atoms with Gasteiger partial charge < -0.3 is 14.3 Å². The monoisotopic (exact) mass is 339 g/mol. The van der Waals surface area contributed by atoms with Crippen LogP contribution in [0.2, 0.25) is 0 Å². The molecule has 0 amide bonds. The molecule has 0 saturated carbocycles. The third kappa shape index (κ3) is 3.06. The quantitative estimate of drug-likeness (QED) is 0.739. The Hall–Kier alpha value is -2.56. The average molecular weight is 339 g/mol. The first kappa shape index (κ1) is 17.3. The van der Waals surface area contributed by atoms with Crippen LogP contribution in [0.1, 0.15) is 37.9 Å². The first-order valence-corrected chi connectivity index (χ1v) is 8.88. The molecule has 1 aromatic carbocycles. The average Bonchev–Trinajstić information content (AvgIpc) is 2.85. The van der Waals surface area contributed by atoms with Crippen molar-refractivity contribution in [2.75, 3.05) is 6.61 Å². The molecule has 132 valence electrons. The molecule has 3 rings (SSSR count). The number of aromatic nitrogens is 3. The number of H-pyrrole nitrogens is 1. The molecule has 0 saturated heterocycles. The maximum Gasteiger partial charge on any atom is 0.275 e. The van der Waals surface area contributed by atoms with Gasteiger partial charge in [-0.3, -0.25) is 4.79 Å². The summed E-state index contributed by atoms with van der Waals surface area (Å²) in [6.07, 6.45) is 2.85. The Morgan fingerprint density at radius 2 is 1.96 bits per heavy atom. The lowest BCUT2D eigenvalue weighted by Gasteiger charge is -2.10. The highest BCUT2D eigenvalue weighted by Crippen LogP contribution is 2.29. The molecular formula is C20H25N3O2. The molecule has 0 aliphatic carbocycles. The van der Waals surface area contributed by atoms with Crippen LogP contribution in [0, 0.1) is 6.92 Å². The van der Waals surface area contributed by atoms with Crippen LogP contribution in [0.25, 0.3) is 22.4 Å². The third-order valence-electron chi connectivity index (χ3n) is 4.56. The molecule has 0 aliphatic heterocycles. The van der Waals surface area contributed by atoms with Gasteiger partial charge in [0.25, 0.3) is 5.56 Å². The maximum atomic E-state index is 12.7. The second kappa shape index (κ2) is 7.13. The van der Waals surface area contributed by atoms with Gasteiger partial charge >= 0.3 is 0 Å². The summed E-state index contributed by atoms with van der Waals surface area (Å²) in [6, 6.07) is 7.71. The number of aryl methyl sites for hydroxylation is 2. The number of hydrogen-bond acceptors (Lipinski definition) is 3. The topological polar surface area (TPSA) is 59.9 Å². The van der Waals surface area contributed by atoms with E-state index in [-0.39, 0.29) is 5.56 Å². The largest absolute Gasteiger partial charge is 0.493 e. The lowest BCUT2D eigenvalue weighted by Crippen LogP contribution is -2.12. The third-order valence-corrected chi connectivity index (χ3v) is 4.56. The van der Waals surface area contributed by atoms with Crippen LogP contribution >= 0.6 is 0 Å². The van der Waals surface area contributed by atoms with Crippen molar-refractivity contribution in [3.05, 3.63) is 45.9 Å². The molecular weight excluding hydrogens is 314 g/mol. The van der Waals surface area contributed by atoms with E-state index in [2.05, 4.69) is 18.8 Å². The molecule has 1 N–H and O–H groups in total. The number of fused-ring (bicyclic) bond motifs is 1. The molecule has 2 aromatic heterocycles. The summed E-state index contributed by atoms with van der Waals surface area (Å²) < 4.78 is 7.77. The molecule has 3 aromatic rings. The fourth-order valence-corrected chi connectivity index (χ4v) is 3.21. The van der Waals surface area contributed by atoms with Crippen molar-refractivity contribution >= 4 is 11.0 Å². The van der Waals surface area contributed by atoms with Crippen LogP contribution in [0.5, 0.6) is 5.75 Å². The molecule has 0 spiro atoms. The Kier molecular flexibility index (Phi) is 4.93. The predicted molar refractivity (Wildman–Crippen MR) is 101 cm³/mol. The summed E-state index contributed by atoms with van der Waals surface area (Å²) in [4.78, 5) is 20.5. The van der Waals surface area contributed by atoms with E-state index in [4.69, 9.17) is 9.72 Å². The standard InChI is InChI=1S/C20H25N3O2/c1-5-9-14-13(3)23(4)18-17(14)21-19(22-20(18)24)15-10-7-8-11-16(15)25-12-6-2/h7-8,10-11H,5-6,9,12H2,1-4H3,(H,21,22,24). The Labute approximate surface area is 147 Å². The fourth-order valence-electron chi connectivity index (χ4n) is 3.21. The van der Waals surface area contributed by atoms with Gasteiger partial charge in [0, 0.05) is 12.7 Å². The molecule has 0 atom stereocenters. The summed E-state index contributed by atoms with van der Waals surface area (Å²) in [5.74, 6) is 1.31. The normalized spacial score (nSPS) is 11.2. The number of benzene rings is 1. The molecule has 0 bridgehead atoms. The second-order valence-corrected chi connectivity index (χ2v) is 6.33. The van der Waals surface area contributed by atoms with Gasteiger partial charge in [0.15, 0.2) is 0 Å². The molecule has 0 fully saturated rings. The smallest absolute Gasteiger partial charge is 0.275 e. The zero-order chi connectivity index (χ0) is 18.0. The Morgan fingerprint density at radius 3 is 2.68 bits per heavy atom. The second-order valence-electron chi connectivity index (χ2n) is 6.33. The molecule has 25 heavy (non-hydrogen) atoms. The van der Waals surface area contributed by atoms with Crippen molar-refractivity contribution in [3.8, 4) is 17.1 Å². The van der Waals surface area contributed by atoms with Crippen molar-refractivity contribution in [2.24, 2.45) is 7.05 Å². The van der Waals surface area contributed by atoms with E-state index in [1.54, 1.807) is 0 Å². The van der Waals surface area contributed by atoms with Crippen LogP contribution in [0.15, 0.2) is 29.1 Å². The first-order valence-electron chi connectivity index (χ1n) is 8.88. The van der Waals surface area contributed by atoms with Crippen LogP contribution in [-0.4, -0.2) is 21.1 Å². The fraction of sp³-hybridized carbons (Fsp3) is 0.400. The number of aromatic amines is 1. The first-order chi connectivity index (χ1) is 12.1. The van der Waals surface area contributed by atoms with Gasteiger partial charge in [-0.05, 0) is 37.5 Å². The van der Waals surface area contributed by atoms with Crippen LogP contribution in [-0.2, 0) is 13.5 Å². The predicted octanol–water partition coefficient (Wildman–Crippen LogP) is 3.98. The van der Waals surface area contributed by atoms with E-state index in [1.165, 1.54) is 0 Å². The van der Waals surface area contributed by atoms with E-state index in [9.17, 15) is 4.79 Å². The Balaban J connectivity index is 2.23. The van der Waals surface area contributed by atoms with E-state index >= 15 is 0 Å². The maximum absolute atomic E-state index is 12.7. The highest BCUT2D eigenvalue weighted by Gasteiger charge is 2.18. The van der Waals surface area contributed by atoms with E-state index in [0.29, 0.717) is 17.9 Å². The van der Waals surface area contributed by atoms with Crippen molar-refractivity contribution in [2.45, 2.75) is 40.0 Å². The number of para-hydroxylation sites is 1. The molecule has 5 heteroatoms. The molecule has 2 heterocycles. The van der Waals surface area contributed by atoms with Crippen molar-refractivity contribution in [1.82, 2.24) is 14.5 Å². The number of rotatable bonds is 6.